The lowest BCUT2D eigenvalue weighted by Gasteiger charge is -2.19. The summed E-state index contributed by atoms with van der Waals surface area (Å²) in [6.45, 7) is 3.68. The Balaban J connectivity index is 4.18. The van der Waals surface area contributed by atoms with Gasteiger partial charge in [0.15, 0.2) is 6.10 Å². The van der Waals surface area contributed by atoms with E-state index in [1.807, 2.05) is 0 Å². The average molecular weight is 636 g/mol. The van der Waals surface area contributed by atoms with Gasteiger partial charge in [-0.15, -0.1) is 0 Å². The summed E-state index contributed by atoms with van der Waals surface area (Å²) in [7, 11) is -4.35. The molecule has 0 radical (unpaired) electrons. The Morgan fingerprint density at radius 3 is 1.42 bits per heavy atom. The molecule has 3 N–H and O–H groups in total. The first-order chi connectivity index (χ1) is 20.8. The van der Waals surface area contributed by atoms with E-state index in [9.17, 15) is 19.0 Å². The Kier molecular flexibility index (Phi) is 30.3. The fourth-order valence-electron chi connectivity index (χ4n) is 4.87. The van der Waals surface area contributed by atoms with Gasteiger partial charge in [-0.2, -0.15) is 0 Å². The number of hydrogen-bond acceptors (Lipinski definition) is 8. The van der Waals surface area contributed by atoms with Crippen LogP contribution in [0.3, 0.4) is 0 Å². The molecule has 2 atom stereocenters. The highest BCUT2D eigenvalue weighted by Crippen LogP contribution is 2.43. The van der Waals surface area contributed by atoms with E-state index in [-0.39, 0.29) is 38.6 Å². The minimum absolute atomic E-state index is 0.0573. The summed E-state index contributed by atoms with van der Waals surface area (Å²) in [5, 5.41) is 0. The number of unbranched alkanes of at least 4 members (excludes halogenated alkanes) is 20. The van der Waals surface area contributed by atoms with Crippen molar-refractivity contribution in [1.82, 2.24) is 0 Å². The van der Waals surface area contributed by atoms with E-state index in [0.717, 1.165) is 32.1 Å². The molecule has 0 aromatic rings. The van der Waals surface area contributed by atoms with Gasteiger partial charge in [-0.3, -0.25) is 18.6 Å². The quantitative estimate of drug-likeness (QED) is 0.0411. The zero-order chi connectivity index (χ0) is 31.9. The van der Waals surface area contributed by atoms with E-state index in [1.54, 1.807) is 0 Å². The van der Waals surface area contributed by atoms with E-state index in [1.165, 1.54) is 103 Å². The van der Waals surface area contributed by atoms with Crippen molar-refractivity contribution in [2.45, 2.75) is 174 Å². The van der Waals surface area contributed by atoms with Gasteiger partial charge >= 0.3 is 19.8 Å². The Bertz CT molecular complexity index is 694. The maximum absolute atomic E-state index is 12.4. The van der Waals surface area contributed by atoms with Crippen LogP contribution in [0.4, 0.5) is 0 Å². The molecule has 0 bridgehead atoms. The Morgan fingerprint density at radius 1 is 0.605 bits per heavy atom. The average Bonchev–Trinajstić information content (AvgIpc) is 2.99. The molecule has 0 aromatic heterocycles. The van der Waals surface area contributed by atoms with Crippen molar-refractivity contribution in [2.24, 2.45) is 5.73 Å². The molecule has 43 heavy (non-hydrogen) atoms. The van der Waals surface area contributed by atoms with Crippen LogP contribution in [-0.4, -0.2) is 49.3 Å². The standard InChI is InChI=1S/C33H66NO8P/c1-3-5-7-9-11-12-13-14-15-16-17-18-20-22-24-26-33(36)42-31(30-41-43(37,38)40-28-27-34)29-39-32(35)25-23-21-19-10-8-6-4-2/h31H,3-30,34H2,1-2H3,(H,37,38)/t31-/m1/s1. The Morgan fingerprint density at radius 2 is 1.00 bits per heavy atom. The smallest absolute Gasteiger partial charge is 0.462 e. The maximum Gasteiger partial charge on any atom is 0.472 e. The lowest BCUT2D eigenvalue weighted by atomic mass is 10.0. The number of carbonyl (C=O) groups is 2. The van der Waals surface area contributed by atoms with E-state index >= 15 is 0 Å². The number of phosphoric acid groups is 1. The fourth-order valence-corrected chi connectivity index (χ4v) is 5.63. The van der Waals surface area contributed by atoms with Gasteiger partial charge in [0, 0.05) is 19.4 Å². The topological polar surface area (TPSA) is 134 Å². The van der Waals surface area contributed by atoms with Gasteiger partial charge in [-0.25, -0.2) is 4.57 Å². The summed E-state index contributed by atoms with van der Waals surface area (Å²) in [6, 6.07) is 0. The van der Waals surface area contributed by atoms with Crippen LogP contribution < -0.4 is 5.73 Å². The molecule has 0 amide bonds. The first kappa shape index (κ1) is 42.0. The molecule has 0 aromatic carbocycles. The number of rotatable bonds is 33. The first-order valence-electron chi connectivity index (χ1n) is 17.5. The van der Waals surface area contributed by atoms with E-state index in [2.05, 4.69) is 13.8 Å². The van der Waals surface area contributed by atoms with Crippen LogP contribution in [-0.2, 0) is 32.7 Å². The van der Waals surface area contributed by atoms with Crippen LogP contribution >= 0.6 is 7.82 Å². The van der Waals surface area contributed by atoms with E-state index < -0.39 is 26.5 Å². The molecule has 0 saturated carbocycles. The van der Waals surface area contributed by atoms with Crippen LogP contribution in [0.25, 0.3) is 0 Å². The summed E-state index contributed by atoms with van der Waals surface area (Å²) in [5.74, 6) is -0.828. The number of ether oxygens (including phenoxy) is 2. The van der Waals surface area contributed by atoms with Crippen molar-refractivity contribution in [1.29, 1.82) is 0 Å². The highest BCUT2D eigenvalue weighted by atomic mass is 31.2. The van der Waals surface area contributed by atoms with Crippen LogP contribution in [0.1, 0.15) is 168 Å². The number of nitrogens with two attached hydrogens (primary N) is 1. The summed E-state index contributed by atoms with van der Waals surface area (Å²) in [6.07, 6.45) is 25.8. The molecule has 0 aliphatic rings. The molecule has 0 aliphatic heterocycles. The molecule has 1 unspecified atom stereocenters. The predicted octanol–water partition coefficient (Wildman–Crippen LogP) is 8.94. The van der Waals surface area contributed by atoms with Crippen LogP contribution in [0.5, 0.6) is 0 Å². The van der Waals surface area contributed by atoms with Gasteiger partial charge in [0.1, 0.15) is 6.61 Å². The van der Waals surface area contributed by atoms with Gasteiger partial charge in [0.25, 0.3) is 0 Å². The van der Waals surface area contributed by atoms with Gasteiger partial charge in [-0.1, -0.05) is 142 Å². The second-order valence-electron chi connectivity index (χ2n) is 11.8. The minimum Gasteiger partial charge on any atom is -0.462 e. The Hall–Kier alpha value is -0.990. The monoisotopic (exact) mass is 635 g/mol. The number of carbonyl (C=O) groups excluding carboxylic acids is 2. The van der Waals surface area contributed by atoms with Crippen molar-refractivity contribution < 1.29 is 37.6 Å². The summed E-state index contributed by atoms with van der Waals surface area (Å²) in [5.41, 5.74) is 5.31. The lowest BCUT2D eigenvalue weighted by molar-refractivity contribution is -0.161. The zero-order valence-electron chi connectivity index (χ0n) is 27.7. The third-order valence-electron chi connectivity index (χ3n) is 7.49. The Labute approximate surface area is 263 Å². The second kappa shape index (κ2) is 31.0. The molecule has 0 saturated heterocycles. The number of esters is 2. The second-order valence-corrected chi connectivity index (χ2v) is 13.2. The molecule has 0 rings (SSSR count). The fraction of sp³-hybridized carbons (Fsp3) is 0.939. The van der Waals surface area contributed by atoms with Crippen molar-refractivity contribution in [3.05, 3.63) is 0 Å². The lowest BCUT2D eigenvalue weighted by Crippen LogP contribution is -2.29. The van der Waals surface area contributed by atoms with Crippen molar-refractivity contribution in [3.8, 4) is 0 Å². The van der Waals surface area contributed by atoms with Crippen molar-refractivity contribution >= 4 is 19.8 Å². The van der Waals surface area contributed by atoms with E-state index in [4.69, 9.17) is 24.3 Å². The van der Waals surface area contributed by atoms with E-state index in [0.29, 0.717) is 6.42 Å². The van der Waals surface area contributed by atoms with Gasteiger partial charge in [0.05, 0.1) is 13.2 Å². The summed E-state index contributed by atoms with van der Waals surface area (Å²) >= 11 is 0. The molecule has 0 fully saturated rings. The molecule has 0 aliphatic carbocycles. The molecule has 9 nitrogen and oxygen atoms in total. The normalized spacial score (nSPS) is 13.5. The highest BCUT2D eigenvalue weighted by molar-refractivity contribution is 7.47. The first-order valence-corrected chi connectivity index (χ1v) is 19.0. The van der Waals surface area contributed by atoms with Gasteiger partial charge in [0.2, 0.25) is 0 Å². The third kappa shape index (κ3) is 30.8. The van der Waals surface area contributed by atoms with Crippen LogP contribution in [0.2, 0.25) is 0 Å². The third-order valence-corrected chi connectivity index (χ3v) is 8.48. The SMILES string of the molecule is CCCCCCCCCCCCCCCCCC(=O)O[C@H](COC(=O)CCCCCCCCC)COP(=O)(O)OCCN. The van der Waals surface area contributed by atoms with Crippen LogP contribution in [0, 0.1) is 0 Å². The number of phosphoric ester groups is 1. The van der Waals surface area contributed by atoms with Crippen LogP contribution in [0.15, 0.2) is 0 Å². The molecule has 256 valence electrons. The largest absolute Gasteiger partial charge is 0.472 e. The summed E-state index contributed by atoms with van der Waals surface area (Å²) in [4.78, 5) is 34.4. The van der Waals surface area contributed by atoms with Gasteiger partial charge in [-0.05, 0) is 12.8 Å². The van der Waals surface area contributed by atoms with Crippen molar-refractivity contribution in [2.75, 3.05) is 26.4 Å². The molecule has 0 heterocycles. The minimum atomic E-state index is -4.35. The molecule has 10 heteroatoms. The maximum atomic E-state index is 12.4. The molecule has 0 spiro atoms. The zero-order valence-corrected chi connectivity index (χ0v) is 28.6. The summed E-state index contributed by atoms with van der Waals surface area (Å²) < 4.78 is 32.5. The number of hydrogen-bond donors (Lipinski definition) is 2. The van der Waals surface area contributed by atoms with Crippen molar-refractivity contribution in [3.63, 3.8) is 0 Å². The molecular weight excluding hydrogens is 569 g/mol. The molecular formula is C33H66NO8P. The predicted molar refractivity (Wildman–Crippen MR) is 174 cm³/mol. The highest BCUT2D eigenvalue weighted by Gasteiger charge is 2.25. The van der Waals surface area contributed by atoms with Gasteiger partial charge < -0.3 is 20.1 Å².